The molecule has 1 spiro atoms. The Balaban J connectivity index is 1.62. The van der Waals surface area contributed by atoms with E-state index in [1.165, 1.54) is 19.3 Å². The molecule has 1 aromatic carbocycles. The average Bonchev–Trinajstić information content (AvgIpc) is 2.98. The number of anilines is 1. The van der Waals surface area contributed by atoms with Crippen molar-refractivity contribution < 1.29 is 9.53 Å². The van der Waals surface area contributed by atoms with Crippen LogP contribution in [-0.4, -0.2) is 33.6 Å². The maximum atomic E-state index is 12.9. The molecule has 2 aromatic rings. The molecular weight excluding hydrogens is 294 g/mol. The summed E-state index contributed by atoms with van der Waals surface area (Å²) in [5.41, 5.74) is 0.874. The van der Waals surface area contributed by atoms with E-state index in [0.29, 0.717) is 5.41 Å². The predicted molar refractivity (Wildman–Crippen MR) is 83.0 cm³/mol. The van der Waals surface area contributed by atoms with E-state index in [4.69, 9.17) is 4.74 Å². The fourth-order valence-corrected chi connectivity index (χ4v) is 4.10. The van der Waals surface area contributed by atoms with Gasteiger partial charge in [0.05, 0.1) is 12.5 Å². The van der Waals surface area contributed by atoms with Crippen LogP contribution in [0.1, 0.15) is 37.7 Å². The first-order chi connectivity index (χ1) is 11.2. The third-order valence-corrected chi connectivity index (χ3v) is 5.42. The van der Waals surface area contributed by atoms with Crippen molar-refractivity contribution in [2.24, 2.45) is 5.41 Å². The standard InChI is InChI=1S/C16H19N5O2/c1-23-12-5-3-11(4-6-12)16(9-15(10-16)7-2-8-15)13(22)17-14-18-20-21-19-14/h3-6H,2,7-10H2,1H3,(H2,17,18,19,20,21,22). The Labute approximate surface area is 133 Å². The largest absolute Gasteiger partial charge is 0.497 e. The zero-order chi connectivity index (χ0) is 15.9. The summed E-state index contributed by atoms with van der Waals surface area (Å²) in [4.78, 5) is 12.9. The molecule has 120 valence electrons. The number of rotatable bonds is 4. The zero-order valence-corrected chi connectivity index (χ0v) is 13.0. The summed E-state index contributed by atoms with van der Waals surface area (Å²) in [5, 5.41) is 16.3. The Morgan fingerprint density at radius 1 is 1.26 bits per heavy atom. The molecular formula is C16H19N5O2. The van der Waals surface area contributed by atoms with Gasteiger partial charge in [-0.05, 0) is 54.0 Å². The quantitative estimate of drug-likeness (QED) is 0.901. The van der Waals surface area contributed by atoms with Crippen LogP contribution in [-0.2, 0) is 10.2 Å². The molecule has 2 aliphatic rings. The SMILES string of the molecule is COc1ccc(C2(C(=O)Nc3nn[nH]n3)CC3(CCC3)C2)cc1. The molecule has 4 rings (SSSR count). The number of ether oxygens (including phenoxy) is 1. The van der Waals surface area contributed by atoms with Crippen LogP contribution in [0.15, 0.2) is 24.3 Å². The molecule has 0 bridgehead atoms. The first kappa shape index (κ1) is 14.2. The van der Waals surface area contributed by atoms with Crippen LogP contribution in [0, 0.1) is 5.41 Å². The molecule has 2 N–H and O–H groups in total. The van der Waals surface area contributed by atoms with Crippen molar-refractivity contribution in [3.05, 3.63) is 29.8 Å². The Morgan fingerprint density at radius 3 is 2.52 bits per heavy atom. The number of aromatic amines is 1. The average molecular weight is 313 g/mol. The lowest BCUT2D eigenvalue weighted by Gasteiger charge is -2.60. The van der Waals surface area contributed by atoms with Crippen LogP contribution in [0.4, 0.5) is 5.95 Å². The molecule has 2 saturated carbocycles. The van der Waals surface area contributed by atoms with E-state index in [-0.39, 0.29) is 11.9 Å². The van der Waals surface area contributed by atoms with Crippen molar-refractivity contribution in [1.29, 1.82) is 0 Å². The molecule has 2 fully saturated rings. The first-order valence-corrected chi connectivity index (χ1v) is 7.85. The summed E-state index contributed by atoms with van der Waals surface area (Å²) < 4.78 is 5.22. The van der Waals surface area contributed by atoms with E-state index in [9.17, 15) is 4.79 Å². The van der Waals surface area contributed by atoms with Gasteiger partial charge >= 0.3 is 0 Å². The molecule has 0 atom stereocenters. The number of hydrogen-bond acceptors (Lipinski definition) is 5. The second-order valence-corrected chi connectivity index (χ2v) is 6.71. The van der Waals surface area contributed by atoms with Gasteiger partial charge < -0.3 is 4.74 Å². The molecule has 2 aliphatic carbocycles. The lowest BCUT2D eigenvalue weighted by Crippen LogP contribution is -2.58. The minimum Gasteiger partial charge on any atom is -0.497 e. The van der Waals surface area contributed by atoms with Gasteiger partial charge in [-0.2, -0.15) is 5.21 Å². The minimum absolute atomic E-state index is 0.0541. The zero-order valence-electron chi connectivity index (χ0n) is 13.0. The van der Waals surface area contributed by atoms with Crippen molar-refractivity contribution in [2.75, 3.05) is 12.4 Å². The second kappa shape index (κ2) is 5.04. The van der Waals surface area contributed by atoms with Crippen molar-refractivity contribution >= 4 is 11.9 Å². The van der Waals surface area contributed by atoms with Gasteiger partial charge in [0.1, 0.15) is 5.75 Å². The Kier molecular flexibility index (Phi) is 3.11. The number of benzene rings is 1. The number of H-pyrrole nitrogens is 1. The maximum absolute atomic E-state index is 12.9. The Hall–Kier alpha value is -2.44. The first-order valence-electron chi connectivity index (χ1n) is 7.85. The number of carbonyl (C=O) groups excluding carboxylic acids is 1. The van der Waals surface area contributed by atoms with Gasteiger partial charge in [0.25, 0.3) is 5.95 Å². The monoisotopic (exact) mass is 313 g/mol. The molecule has 1 amide bonds. The van der Waals surface area contributed by atoms with Crippen molar-refractivity contribution in [3.8, 4) is 5.75 Å². The molecule has 7 nitrogen and oxygen atoms in total. The van der Waals surface area contributed by atoms with Crippen LogP contribution < -0.4 is 10.1 Å². The molecule has 1 aromatic heterocycles. The molecule has 0 radical (unpaired) electrons. The van der Waals surface area contributed by atoms with Gasteiger partial charge in [0.2, 0.25) is 5.91 Å². The summed E-state index contributed by atoms with van der Waals surface area (Å²) in [7, 11) is 1.64. The van der Waals surface area contributed by atoms with Crippen molar-refractivity contribution in [2.45, 2.75) is 37.5 Å². The number of nitrogens with zero attached hydrogens (tertiary/aromatic N) is 3. The highest BCUT2D eigenvalue weighted by molar-refractivity contribution is 5.99. The van der Waals surface area contributed by atoms with E-state index >= 15 is 0 Å². The molecule has 0 unspecified atom stereocenters. The van der Waals surface area contributed by atoms with Gasteiger partial charge in [0.15, 0.2) is 0 Å². The summed E-state index contributed by atoms with van der Waals surface area (Å²) in [6.45, 7) is 0. The Bertz CT molecular complexity index is 699. The fraction of sp³-hybridized carbons (Fsp3) is 0.500. The third-order valence-electron chi connectivity index (χ3n) is 5.42. The summed E-state index contributed by atoms with van der Waals surface area (Å²) in [6, 6.07) is 7.79. The molecule has 0 saturated heterocycles. The summed E-state index contributed by atoms with van der Waals surface area (Å²) >= 11 is 0. The van der Waals surface area contributed by atoms with E-state index in [2.05, 4.69) is 25.9 Å². The topological polar surface area (TPSA) is 92.8 Å². The molecule has 1 heterocycles. The minimum atomic E-state index is -0.507. The summed E-state index contributed by atoms with van der Waals surface area (Å²) in [6.07, 6.45) is 5.48. The van der Waals surface area contributed by atoms with Crippen molar-refractivity contribution in [1.82, 2.24) is 20.6 Å². The van der Waals surface area contributed by atoms with Crippen LogP contribution in [0.2, 0.25) is 0 Å². The van der Waals surface area contributed by atoms with Gasteiger partial charge in [-0.25, -0.2) is 0 Å². The number of tetrazole rings is 1. The lowest BCUT2D eigenvalue weighted by molar-refractivity contribution is -0.136. The number of aromatic nitrogens is 4. The van der Waals surface area contributed by atoms with Crippen LogP contribution in [0.3, 0.4) is 0 Å². The van der Waals surface area contributed by atoms with Gasteiger partial charge in [-0.15, -0.1) is 5.10 Å². The normalized spacial score (nSPS) is 20.4. The van der Waals surface area contributed by atoms with Crippen molar-refractivity contribution in [3.63, 3.8) is 0 Å². The number of hydrogen-bond donors (Lipinski definition) is 2. The Morgan fingerprint density at radius 2 is 2.00 bits per heavy atom. The smallest absolute Gasteiger partial charge is 0.269 e. The highest BCUT2D eigenvalue weighted by Crippen LogP contribution is 2.65. The number of carbonyl (C=O) groups is 1. The van der Waals surface area contributed by atoms with E-state index in [1.807, 2.05) is 24.3 Å². The molecule has 7 heteroatoms. The lowest BCUT2D eigenvalue weighted by atomic mass is 9.43. The van der Waals surface area contributed by atoms with E-state index in [0.717, 1.165) is 24.2 Å². The maximum Gasteiger partial charge on any atom is 0.269 e. The number of nitrogens with one attached hydrogen (secondary N) is 2. The van der Waals surface area contributed by atoms with Gasteiger partial charge in [-0.1, -0.05) is 23.7 Å². The molecule has 0 aliphatic heterocycles. The fourth-order valence-electron chi connectivity index (χ4n) is 4.10. The highest BCUT2D eigenvalue weighted by atomic mass is 16.5. The third kappa shape index (κ3) is 2.18. The van der Waals surface area contributed by atoms with Gasteiger partial charge in [0, 0.05) is 0 Å². The summed E-state index contributed by atoms with van der Waals surface area (Å²) in [5.74, 6) is 0.958. The number of methoxy groups -OCH3 is 1. The van der Waals surface area contributed by atoms with Crippen LogP contribution >= 0.6 is 0 Å². The van der Waals surface area contributed by atoms with Gasteiger partial charge in [-0.3, -0.25) is 10.1 Å². The van der Waals surface area contributed by atoms with Crippen LogP contribution in [0.25, 0.3) is 0 Å². The highest BCUT2D eigenvalue weighted by Gasteiger charge is 2.61. The van der Waals surface area contributed by atoms with Crippen LogP contribution in [0.5, 0.6) is 5.75 Å². The second-order valence-electron chi connectivity index (χ2n) is 6.71. The molecule has 23 heavy (non-hydrogen) atoms. The van der Waals surface area contributed by atoms with E-state index in [1.54, 1.807) is 7.11 Å². The predicted octanol–water partition coefficient (Wildman–Crippen LogP) is 2.05. The number of amides is 1. The van der Waals surface area contributed by atoms with E-state index < -0.39 is 5.41 Å².